The van der Waals surface area contributed by atoms with Crippen molar-refractivity contribution in [3.8, 4) is 0 Å². The minimum atomic E-state index is -3.36. The van der Waals surface area contributed by atoms with Crippen LogP contribution in [0.25, 0.3) is 0 Å². The lowest BCUT2D eigenvalue weighted by Gasteiger charge is -2.17. The van der Waals surface area contributed by atoms with Crippen molar-refractivity contribution in [2.45, 2.75) is 6.54 Å². The van der Waals surface area contributed by atoms with Crippen LogP contribution < -0.4 is 0 Å². The van der Waals surface area contributed by atoms with Gasteiger partial charge in [0.15, 0.2) is 0 Å². The first kappa shape index (κ1) is 15.6. The summed E-state index contributed by atoms with van der Waals surface area (Å²) in [4.78, 5) is 10.7. The summed E-state index contributed by atoms with van der Waals surface area (Å²) in [5.74, 6) is -1.08. The summed E-state index contributed by atoms with van der Waals surface area (Å²) in [5, 5.41) is 8.76. The normalized spacial score (nSPS) is 11.7. The molecular weight excluding hydrogens is 270 g/mol. The topological polar surface area (TPSA) is 83.9 Å². The molecule has 0 amide bonds. The summed E-state index contributed by atoms with van der Waals surface area (Å²) in [7, 11) is -0.428. The molecule has 6 nitrogen and oxygen atoms in total. The van der Waals surface area contributed by atoms with E-state index in [9.17, 15) is 13.2 Å². The SMILES string of the molecule is COCCS(=O)(=O)N(C)Cc1ccc(C(=O)O)cc1. The molecule has 106 valence electrons. The van der Waals surface area contributed by atoms with Crippen LogP contribution >= 0.6 is 0 Å². The van der Waals surface area contributed by atoms with Gasteiger partial charge >= 0.3 is 5.97 Å². The molecule has 1 N–H and O–H groups in total. The van der Waals surface area contributed by atoms with Gasteiger partial charge in [0.25, 0.3) is 0 Å². The summed E-state index contributed by atoms with van der Waals surface area (Å²) < 4.78 is 29.6. The maximum absolute atomic E-state index is 11.8. The van der Waals surface area contributed by atoms with Gasteiger partial charge in [-0.1, -0.05) is 12.1 Å². The third kappa shape index (κ3) is 4.62. The first-order valence-corrected chi connectivity index (χ1v) is 7.23. The Labute approximate surface area is 112 Å². The number of carbonyl (C=O) groups is 1. The van der Waals surface area contributed by atoms with Gasteiger partial charge in [0, 0.05) is 20.7 Å². The highest BCUT2D eigenvalue weighted by molar-refractivity contribution is 7.89. The second-order valence-electron chi connectivity index (χ2n) is 4.07. The van der Waals surface area contributed by atoms with E-state index >= 15 is 0 Å². The molecule has 1 aromatic carbocycles. The molecule has 0 saturated carbocycles. The highest BCUT2D eigenvalue weighted by Gasteiger charge is 2.17. The molecule has 0 aromatic heterocycles. The van der Waals surface area contributed by atoms with E-state index in [0.29, 0.717) is 0 Å². The van der Waals surface area contributed by atoms with Crippen molar-refractivity contribution in [1.29, 1.82) is 0 Å². The number of aromatic carboxylic acids is 1. The van der Waals surface area contributed by atoms with Crippen LogP contribution in [0.4, 0.5) is 0 Å². The van der Waals surface area contributed by atoms with Crippen LogP contribution in [0.3, 0.4) is 0 Å². The lowest BCUT2D eigenvalue weighted by atomic mass is 10.1. The summed E-state index contributed by atoms with van der Waals surface area (Å²) in [6.45, 7) is 0.344. The zero-order valence-corrected chi connectivity index (χ0v) is 11.7. The Bertz CT molecular complexity index is 524. The van der Waals surface area contributed by atoms with Crippen LogP contribution in [0.15, 0.2) is 24.3 Å². The first-order chi connectivity index (χ1) is 8.86. The summed E-state index contributed by atoms with van der Waals surface area (Å²) in [6.07, 6.45) is 0. The lowest BCUT2D eigenvalue weighted by Crippen LogP contribution is -2.30. The van der Waals surface area contributed by atoms with Gasteiger partial charge in [-0.15, -0.1) is 0 Å². The van der Waals surface area contributed by atoms with Crippen molar-refractivity contribution in [3.05, 3.63) is 35.4 Å². The second-order valence-corrected chi connectivity index (χ2v) is 6.26. The second kappa shape index (κ2) is 6.65. The molecule has 0 spiro atoms. The van der Waals surface area contributed by atoms with Crippen molar-refractivity contribution < 1.29 is 23.1 Å². The van der Waals surface area contributed by atoms with E-state index in [1.54, 1.807) is 12.1 Å². The van der Waals surface area contributed by atoms with Crippen LogP contribution in [-0.2, 0) is 21.3 Å². The lowest BCUT2D eigenvalue weighted by molar-refractivity contribution is 0.0697. The molecule has 0 atom stereocenters. The summed E-state index contributed by atoms with van der Waals surface area (Å²) in [6, 6.07) is 6.11. The standard InChI is InChI=1S/C12H17NO5S/c1-13(19(16,17)8-7-18-2)9-10-3-5-11(6-4-10)12(14)15/h3-6H,7-9H2,1-2H3,(H,14,15). The molecule has 0 saturated heterocycles. The van der Waals surface area contributed by atoms with Crippen molar-refractivity contribution in [2.75, 3.05) is 26.5 Å². The Hall–Kier alpha value is -1.44. The minimum absolute atomic E-state index is 0.0762. The van der Waals surface area contributed by atoms with Crippen LogP contribution in [0.5, 0.6) is 0 Å². The van der Waals surface area contributed by atoms with Crippen molar-refractivity contribution in [3.63, 3.8) is 0 Å². The number of methoxy groups -OCH3 is 1. The number of carboxylic acids is 1. The first-order valence-electron chi connectivity index (χ1n) is 5.62. The van der Waals surface area contributed by atoms with Crippen molar-refractivity contribution in [2.24, 2.45) is 0 Å². The maximum atomic E-state index is 11.8. The average molecular weight is 287 g/mol. The molecule has 0 bridgehead atoms. The van der Waals surface area contributed by atoms with Crippen molar-refractivity contribution in [1.82, 2.24) is 4.31 Å². The van der Waals surface area contributed by atoms with Crippen LogP contribution in [0, 0.1) is 0 Å². The number of carboxylic acid groups (broad SMARTS) is 1. The molecule has 0 fully saturated rings. The van der Waals surface area contributed by atoms with E-state index < -0.39 is 16.0 Å². The molecule has 0 aliphatic carbocycles. The molecule has 0 radical (unpaired) electrons. The molecule has 1 aromatic rings. The van der Waals surface area contributed by atoms with E-state index in [0.717, 1.165) is 5.56 Å². The third-order valence-corrected chi connectivity index (χ3v) is 4.39. The fraction of sp³-hybridized carbons (Fsp3) is 0.417. The average Bonchev–Trinajstić information content (AvgIpc) is 2.37. The van der Waals surface area contributed by atoms with E-state index in [1.165, 1.54) is 30.6 Å². The van der Waals surface area contributed by atoms with Gasteiger partial charge in [-0.05, 0) is 17.7 Å². The van der Waals surface area contributed by atoms with Crippen molar-refractivity contribution >= 4 is 16.0 Å². The smallest absolute Gasteiger partial charge is 0.335 e. The Morgan fingerprint density at radius 1 is 1.32 bits per heavy atom. The number of hydrogen-bond donors (Lipinski definition) is 1. The highest BCUT2D eigenvalue weighted by Crippen LogP contribution is 2.09. The van der Waals surface area contributed by atoms with E-state index in [2.05, 4.69) is 0 Å². The molecular formula is C12H17NO5S. The Morgan fingerprint density at radius 2 is 1.89 bits per heavy atom. The van der Waals surface area contributed by atoms with Gasteiger partial charge in [-0.25, -0.2) is 17.5 Å². The molecule has 0 aliphatic rings. The number of ether oxygens (including phenoxy) is 1. The highest BCUT2D eigenvalue weighted by atomic mass is 32.2. The fourth-order valence-corrected chi connectivity index (χ4v) is 2.49. The van der Waals surface area contributed by atoms with Gasteiger partial charge in [-0.2, -0.15) is 0 Å². The fourth-order valence-electron chi connectivity index (χ4n) is 1.45. The molecule has 1 rings (SSSR count). The van der Waals surface area contributed by atoms with E-state index in [-0.39, 0.29) is 24.5 Å². The number of sulfonamides is 1. The van der Waals surface area contributed by atoms with Crippen LogP contribution in [0.1, 0.15) is 15.9 Å². The van der Waals surface area contributed by atoms with Gasteiger partial charge in [-0.3, -0.25) is 0 Å². The minimum Gasteiger partial charge on any atom is -0.478 e. The zero-order chi connectivity index (χ0) is 14.5. The predicted molar refractivity (Wildman–Crippen MR) is 70.5 cm³/mol. The zero-order valence-electron chi connectivity index (χ0n) is 10.9. The van der Waals surface area contributed by atoms with E-state index in [1.807, 2.05) is 0 Å². The Balaban J connectivity index is 2.71. The molecule has 19 heavy (non-hydrogen) atoms. The van der Waals surface area contributed by atoms with Gasteiger partial charge in [0.1, 0.15) is 0 Å². The van der Waals surface area contributed by atoms with Crippen LogP contribution in [-0.4, -0.2) is 50.3 Å². The molecule has 0 heterocycles. The number of hydrogen-bond acceptors (Lipinski definition) is 4. The van der Waals surface area contributed by atoms with Gasteiger partial charge < -0.3 is 9.84 Å². The predicted octanol–water partition coefficient (Wildman–Crippen LogP) is 0.793. The van der Waals surface area contributed by atoms with Gasteiger partial charge in [0.2, 0.25) is 10.0 Å². The number of rotatable bonds is 7. The summed E-state index contributed by atoms with van der Waals surface area (Å²) >= 11 is 0. The third-order valence-electron chi connectivity index (χ3n) is 2.63. The number of nitrogens with zero attached hydrogens (tertiary/aromatic N) is 1. The van der Waals surface area contributed by atoms with E-state index in [4.69, 9.17) is 9.84 Å². The van der Waals surface area contributed by atoms with Gasteiger partial charge in [0.05, 0.1) is 17.9 Å². The maximum Gasteiger partial charge on any atom is 0.335 e. The molecule has 7 heteroatoms. The summed E-state index contributed by atoms with van der Waals surface area (Å²) in [5.41, 5.74) is 0.905. The Kier molecular flexibility index (Phi) is 5.46. The van der Waals surface area contributed by atoms with Crippen LogP contribution in [0.2, 0.25) is 0 Å². The molecule has 0 unspecified atom stereocenters. The monoisotopic (exact) mass is 287 g/mol. The molecule has 0 aliphatic heterocycles. The Morgan fingerprint density at radius 3 is 2.37 bits per heavy atom. The quantitative estimate of drug-likeness (QED) is 0.801. The number of benzene rings is 1. The largest absolute Gasteiger partial charge is 0.478 e.